The van der Waals surface area contributed by atoms with Gasteiger partial charge < -0.3 is 9.47 Å². The number of rotatable bonds is 6. The van der Waals surface area contributed by atoms with Crippen molar-refractivity contribution in [1.29, 1.82) is 0 Å². The molecule has 1 rings (SSSR count). The third-order valence-corrected chi connectivity index (χ3v) is 2.09. The molecule has 0 saturated heterocycles. The van der Waals surface area contributed by atoms with Crippen LogP contribution in [0.3, 0.4) is 0 Å². The van der Waals surface area contributed by atoms with Crippen LogP contribution in [-0.2, 0) is 19.1 Å². The second kappa shape index (κ2) is 7.10. The average Bonchev–Trinajstić information content (AvgIpc) is 2.42. The molecule has 0 aliphatic carbocycles. The molecule has 0 saturated carbocycles. The van der Waals surface area contributed by atoms with Crippen molar-refractivity contribution in [2.75, 3.05) is 13.2 Å². The normalized spacial score (nSPS) is 9.53. The Morgan fingerprint density at radius 3 is 2.21 bits per heavy atom. The smallest absolute Gasteiger partial charge is 0.338 e. The van der Waals surface area contributed by atoms with Gasteiger partial charge in [0.1, 0.15) is 0 Å². The standard InChI is InChI=1S/C14H14O5/c1-10(2)13(16)18-8-12(15)9-19-14(17)11-6-4-3-5-7-11/h3-7H,1,8-9H2,2H3. The van der Waals surface area contributed by atoms with Gasteiger partial charge >= 0.3 is 11.9 Å². The van der Waals surface area contributed by atoms with E-state index >= 15 is 0 Å². The summed E-state index contributed by atoms with van der Waals surface area (Å²) in [6.45, 7) is 3.98. The fraction of sp³-hybridized carbons (Fsp3) is 0.214. The molecule has 5 nitrogen and oxygen atoms in total. The summed E-state index contributed by atoms with van der Waals surface area (Å²) in [5.41, 5.74) is 0.559. The molecule has 0 amide bonds. The third-order valence-electron chi connectivity index (χ3n) is 2.09. The summed E-state index contributed by atoms with van der Waals surface area (Å²) in [6, 6.07) is 8.29. The Hall–Kier alpha value is -2.43. The Morgan fingerprint density at radius 2 is 1.63 bits per heavy atom. The van der Waals surface area contributed by atoms with E-state index in [1.165, 1.54) is 6.92 Å². The minimum Gasteiger partial charge on any atom is -0.454 e. The zero-order valence-electron chi connectivity index (χ0n) is 10.5. The van der Waals surface area contributed by atoms with Gasteiger partial charge in [-0.15, -0.1) is 0 Å². The number of esters is 2. The summed E-state index contributed by atoms with van der Waals surface area (Å²) in [7, 11) is 0. The van der Waals surface area contributed by atoms with Gasteiger partial charge in [0.15, 0.2) is 13.2 Å². The van der Waals surface area contributed by atoms with E-state index in [1.807, 2.05) is 0 Å². The van der Waals surface area contributed by atoms with Crippen LogP contribution in [0.5, 0.6) is 0 Å². The van der Waals surface area contributed by atoms with E-state index in [1.54, 1.807) is 30.3 Å². The molecule has 0 aliphatic heterocycles. The van der Waals surface area contributed by atoms with Crippen molar-refractivity contribution < 1.29 is 23.9 Å². The molecule has 0 spiro atoms. The number of ether oxygens (including phenoxy) is 2. The van der Waals surface area contributed by atoms with Crippen LogP contribution >= 0.6 is 0 Å². The topological polar surface area (TPSA) is 69.7 Å². The maximum absolute atomic E-state index is 11.5. The highest BCUT2D eigenvalue weighted by molar-refractivity contribution is 5.93. The predicted molar refractivity (Wildman–Crippen MR) is 67.5 cm³/mol. The Kier molecular flexibility index (Phi) is 5.47. The van der Waals surface area contributed by atoms with Crippen molar-refractivity contribution in [2.24, 2.45) is 0 Å². The van der Waals surface area contributed by atoms with Crippen molar-refractivity contribution in [1.82, 2.24) is 0 Å². The fourth-order valence-electron chi connectivity index (χ4n) is 1.11. The van der Waals surface area contributed by atoms with Crippen LogP contribution in [0.15, 0.2) is 42.5 Å². The van der Waals surface area contributed by atoms with Crippen LogP contribution in [-0.4, -0.2) is 30.9 Å². The van der Waals surface area contributed by atoms with Crippen LogP contribution in [0, 0.1) is 0 Å². The first kappa shape index (κ1) is 14.6. The van der Waals surface area contributed by atoms with Gasteiger partial charge in [-0.2, -0.15) is 0 Å². The van der Waals surface area contributed by atoms with Gasteiger partial charge in [-0.3, -0.25) is 4.79 Å². The SMILES string of the molecule is C=C(C)C(=O)OCC(=O)COC(=O)c1ccccc1. The van der Waals surface area contributed by atoms with Gasteiger partial charge in [0, 0.05) is 5.57 Å². The zero-order valence-corrected chi connectivity index (χ0v) is 10.5. The number of hydrogen-bond donors (Lipinski definition) is 0. The average molecular weight is 262 g/mol. The zero-order chi connectivity index (χ0) is 14.3. The van der Waals surface area contributed by atoms with Crippen LogP contribution in [0.2, 0.25) is 0 Å². The number of ketones is 1. The maximum Gasteiger partial charge on any atom is 0.338 e. The number of carbonyl (C=O) groups excluding carboxylic acids is 3. The summed E-state index contributed by atoms with van der Waals surface area (Å²) in [5.74, 6) is -1.75. The van der Waals surface area contributed by atoms with Crippen molar-refractivity contribution in [3.63, 3.8) is 0 Å². The van der Waals surface area contributed by atoms with Gasteiger partial charge in [0.05, 0.1) is 5.56 Å². The highest BCUT2D eigenvalue weighted by Crippen LogP contribution is 2.01. The van der Waals surface area contributed by atoms with E-state index in [-0.39, 0.29) is 5.57 Å². The van der Waals surface area contributed by atoms with Gasteiger partial charge in [0.2, 0.25) is 5.78 Å². The monoisotopic (exact) mass is 262 g/mol. The molecule has 0 fully saturated rings. The van der Waals surface area contributed by atoms with E-state index in [0.717, 1.165) is 0 Å². The highest BCUT2D eigenvalue weighted by atomic mass is 16.6. The summed E-state index contributed by atoms with van der Waals surface area (Å²) >= 11 is 0. The summed E-state index contributed by atoms with van der Waals surface area (Å²) < 4.78 is 9.40. The lowest BCUT2D eigenvalue weighted by atomic mass is 10.2. The molecule has 0 N–H and O–H groups in total. The Balaban J connectivity index is 2.33. The molecular formula is C14H14O5. The molecule has 1 aromatic carbocycles. The molecule has 0 heterocycles. The number of carbonyl (C=O) groups is 3. The third kappa shape index (κ3) is 5.16. The Morgan fingerprint density at radius 1 is 1.05 bits per heavy atom. The summed E-state index contributed by atoms with van der Waals surface area (Å²) in [5, 5.41) is 0. The predicted octanol–water partition coefficient (Wildman–Crippen LogP) is 1.53. The molecule has 19 heavy (non-hydrogen) atoms. The Labute approximate surface area is 110 Å². The molecule has 0 aromatic heterocycles. The lowest BCUT2D eigenvalue weighted by molar-refractivity contribution is -0.144. The van der Waals surface area contributed by atoms with E-state index in [4.69, 9.17) is 4.74 Å². The van der Waals surface area contributed by atoms with Crippen LogP contribution in [0.25, 0.3) is 0 Å². The van der Waals surface area contributed by atoms with Crippen molar-refractivity contribution in [3.05, 3.63) is 48.0 Å². The van der Waals surface area contributed by atoms with Crippen LogP contribution in [0.4, 0.5) is 0 Å². The Bertz CT molecular complexity index is 490. The molecule has 1 aromatic rings. The quantitative estimate of drug-likeness (QED) is 0.574. The minimum absolute atomic E-state index is 0.203. The highest BCUT2D eigenvalue weighted by Gasteiger charge is 2.12. The first-order chi connectivity index (χ1) is 9.00. The van der Waals surface area contributed by atoms with E-state index < -0.39 is 30.9 Å². The van der Waals surface area contributed by atoms with Gasteiger partial charge in [0.25, 0.3) is 0 Å². The van der Waals surface area contributed by atoms with Crippen molar-refractivity contribution in [2.45, 2.75) is 6.92 Å². The summed E-state index contributed by atoms with van der Waals surface area (Å²) in [4.78, 5) is 33.8. The van der Waals surface area contributed by atoms with E-state index in [0.29, 0.717) is 5.56 Å². The molecule has 100 valence electrons. The molecule has 0 atom stereocenters. The molecule has 0 radical (unpaired) electrons. The van der Waals surface area contributed by atoms with Gasteiger partial charge in [-0.25, -0.2) is 9.59 Å². The maximum atomic E-state index is 11.5. The molecule has 0 aliphatic rings. The summed E-state index contributed by atoms with van der Waals surface area (Å²) in [6.07, 6.45) is 0. The van der Waals surface area contributed by atoms with Crippen LogP contribution in [0.1, 0.15) is 17.3 Å². The van der Waals surface area contributed by atoms with Crippen LogP contribution < -0.4 is 0 Å². The molecule has 5 heteroatoms. The molecular weight excluding hydrogens is 248 g/mol. The first-order valence-corrected chi connectivity index (χ1v) is 5.57. The molecule has 0 unspecified atom stereocenters. The van der Waals surface area contributed by atoms with Crippen molar-refractivity contribution >= 4 is 17.7 Å². The molecule has 0 bridgehead atoms. The van der Waals surface area contributed by atoms with Gasteiger partial charge in [-0.05, 0) is 19.1 Å². The second-order valence-corrected chi connectivity index (χ2v) is 3.84. The van der Waals surface area contributed by atoms with Gasteiger partial charge in [-0.1, -0.05) is 24.8 Å². The first-order valence-electron chi connectivity index (χ1n) is 5.57. The van der Waals surface area contributed by atoms with Crippen molar-refractivity contribution in [3.8, 4) is 0 Å². The van der Waals surface area contributed by atoms with E-state index in [2.05, 4.69) is 11.3 Å². The second-order valence-electron chi connectivity index (χ2n) is 3.84. The lowest BCUT2D eigenvalue weighted by Gasteiger charge is -2.05. The van der Waals surface area contributed by atoms with E-state index in [9.17, 15) is 14.4 Å². The number of benzene rings is 1. The lowest BCUT2D eigenvalue weighted by Crippen LogP contribution is -2.20. The minimum atomic E-state index is -0.650. The number of hydrogen-bond acceptors (Lipinski definition) is 5. The largest absolute Gasteiger partial charge is 0.454 e. The fourth-order valence-corrected chi connectivity index (χ4v) is 1.11. The number of Topliss-reactive ketones (excluding diaryl/α,β-unsaturated/α-hetero) is 1.